The summed E-state index contributed by atoms with van der Waals surface area (Å²) in [6, 6.07) is 6.24. The van der Waals surface area contributed by atoms with Crippen LogP contribution in [0.2, 0.25) is 0 Å². The average Bonchev–Trinajstić information content (AvgIpc) is 3.23. The van der Waals surface area contributed by atoms with Gasteiger partial charge in [0, 0.05) is 34.1 Å². The molecule has 4 aliphatic rings. The summed E-state index contributed by atoms with van der Waals surface area (Å²) in [7, 11) is -1.20. The molecule has 138 valence electrons. The van der Waals surface area contributed by atoms with Crippen LogP contribution >= 0.6 is 0 Å². The second-order valence-corrected chi connectivity index (χ2v) is 8.87. The van der Waals surface area contributed by atoms with Crippen LogP contribution in [0.1, 0.15) is 12.8 Å². The number of carbonyl (C=O) groups excluding carboxylic acids is 1. The van der Waals surface area contributed by atoms with Gasteiger partial charge in [0.25, 0.3) is 0 Å². The van der Waals surface area contributed by atoms with E-state index in [1.165, 1.54) is 17.7 Å². The molecule has 0 saturated carbocycles. The number of anilines is 1. The third-order valence-corrected chi connectivity index (χ3v) is 6.43. The molecule has 0 aromatic heterocycles. The van der Waals surface area contributed by atoms with Crippen molar-refractivity contribution in [1.82, 2.24) is 5.43 Å². The summed E-state index contributed by atoms with van der Waals surface area (Å²) in [5.41, 5.74) is 7.72. The van der Waals surface area contributed by atoms with Crippen molar-refractivity contribution >= 4 is 22.3 Å². The van der Waals surface area contributed by atoms with Crippen molar-refractivity contribution in [2.24, 2.45) is 5.92 Å². The van der Waals surface area contributed by atoms with Gasteiger partial charge in [0.15, 0.2) is 5.78 Å². The molecule has 2 bridgehead atoms. The number of benzene rings is 1. The molecule has 0 amide bonds. The van der Waals surface area contributed by atoms with Gasteiger partial charge >= 0.3 is 0 Å². The number of rotatable bonds is 4. The van der Waals surface area contributed by atoms with Gasteiger partial charge in [-0.2, -0.15) is 0 Å². The van der Waals surface area contributed by atoms with Gasteiger partial charge in [-0.3, -0.25) is 14.0 Å². The minimum absolute atomic E-state index is 0.0110. The molecule has 1 heterocycles. The van der Waals surface area contributed by atoms with Crippen LogP contribution in [-0.2, 0) is 15.6 Å². The van der Waals surface area contributed by atoms with E-state index in [9.17, 15) is 13.4 Å². The van der Waals surface area contributed by atoms with Gasteiger partial charge in [-0.25, -0.2) is 9.82 Å². The van der Waals surface area contributed by atoms with Crippen molar-refractivity contribution in [3.8, 4) is 0 Å². The molecule has 0 fully saturated rings. The lowest BCUT2D eigenvalue weighted by atomic mass is 9.78. The van der Waals surface area contributed by atoms with E-state index < -0.39 is 16.3 Å². The first-order valence-electron chi connectivity index (χ1n) is 9.02. The van der Waals surface area contributed by atoms with Gasteiger partial charge < -0.3 is 0 Å². The van der Waals surface area contributed by atoms with Gasteiger partial charge in [0.05, 0.1) is 22.7 Å². The summed E-state index contributed by atoms with van der Waals surface area (Å²) < 4.78 is 25.0. The van der Waals surface area contributed by atoms with Gasteiger partial charge in [-0.1, -0.05) is 18.2 Å². The third-order valence-electron chi connectivity index (χ3n) is 5.76. The van der Waals surface area contributed by atoms with Crippen molar-refractivity contribution < 1.29 is 13.4 Å². The molecule has 6 heteroatoms. The first-order chi connectivity index (χ1) is 13.0. The quantitative estimate of drug-likeness (QED) is 0.870. The Morgan fingerprint density at radius 2 is 2.15 bits per heavy atom. The molecule has 1 aliphatic heterocycles. The van der Waals surface area contributed by atoms with Crippen LogP contribution in [0.25, 0.3) is 0 Å². The number of fused-ring (bicyclic) bond motifs is 1. The fourth-order valence-corrected chi connectivity index (χ4v) is 5.20. The van der Waals surface area contributed by atoms with E-state index >= 15 is 0 Å². The lowest BCUT2D eigenvalue weighted by molar-refractivity contribution is -0.113. The first-order valence-corrected chi connectivity index (χ1v) is 10.8. The monoisotopic (exact) mass is 382 g/mol. The molecule has 1 aromatic rings. The number of hydrogen-bond acceptors (Lipinski definition) is 4. The maximum atomic E-state index is 13.4. The summed E-state index contributed by atoms with van der Waals surface area (Å²) in [4.78, 5) is 12.8. The average molecular weight is 382 g/mol. The Labute approximate surface area is 159 Å². The van der Waals surface area contributed by atoms with E-state index in [4.69, 9.17) is 0 Å². The van der Waals surface area contributed by atoms with Crippen molar-refractivity contribution in [1.29, 1.82) is 0 Å². The molecule has 3 atom stereocenters. The fraction of sp³-hybridized carbons (Fsp3) is 0.286. The van der Waals surface area contributed by atoms with Gasteiger partial charge in [0.2, 0.25) is 0 Å². The smallest absolute Gasteiger partial charge is 0.177 e. The minimum atomic E-state index is -1.20. The molecule has 0 radical (unpaired) electrons. The number of nitrogens with one attached hydrogen (secondary N) is 1. The highest BCUT2D eigenvalue weighted by Crippen LogP contribution is 2.56. The minimum Gasteiger partial charge on any atom is -0.293 e. The van der Waals surface area contributed by atoms with E-state index in [1.807, 2.05) is 11.1 Å². The topological polar surface area (TPSA) is 49.4 Å². The summed E-state index contributed by atoms with van der Waals surface area (Å²) in [6.45, 7) is 0. The Balaban J connectivity index is 1.64. The summed E-state index contributed by atoms with van der Waals surface area (Å²) in [5, 5.41) is 1.90. The van der Waals surface area contributed by atoms with E-state index in [0.29, 0.717) is 5.57 Å². The van der Waals surface area contributed by atoms with Crippen molar-refractivity contribution in [3.05, 3.63) is 76.8 Å². The molecule has 3 aliphatic carbocycles. The Morgan fingerprint density at radius 1 is 1.37 bits per heavy atom. The maximum Gasteiger partial charge on any atom is 0.177 e. The first kappa shape index (κ1) is 16.8. The maximum absolute atomic E-state index is 13.4. The van der Waals surface area contributed by atoms with Crippen LogP contribution in [0.15, 0.2) is 71.0 Å². The standard InChI is InChI=1S/C21H19FN2O2S/c1-27(26)12-19(25)16-11-21-17-5-3-2-4-13(17)10-18(21)20(16)24(23-21)15-8-6-14(22)7-9-15/h2,4,6-11,17,23H,3,5,12H2,1H3. The molecule has 1 aromatic carbocycles. The molecule has 4 nitrogen and oxygen atoms in total. The van der Waals surface area contributed by atoms with Crippen molar-refractivity contribution in [2.45, 2.75) is 18.4 Å². The molecular formula is C21H19FN2O2S. The van der Waals surface area contributed by atoms with E-state index in [0.717, 1.165) is 29.8 Å². The van der Waals surface area contributed by atoms with E-state index in [2.05, 4.69) is 23.7 Å². The zero-order valence-electron chi connectivity index (χ0n) is 14.9. The highest BCUT2D eigenvalue weighted by molar-refractivity contribution is 7.85. The van der Waals surface area contributed by atoms with Crippen LogP contribution in [-0.4, -0.2) is 27.5 Å². The molecule has 5 rings (SSSR count). The Hall–Kier alpha value is -2.31. The normalized spacial score (nSPS) is 28.8. The third kappa shape index (κ3) is 2.36. The highest BCUT2D eigenvalue weighted by atomic mass is 32.2. The highest BCUT2D eigenvalue weighted by Gasteiger charge is 2.57. The van der Waals surface area contributed by atoms with Gasteiger partial charge in [-0.05, 0) is 48.8 Å². The number of nitrogens with zero attached hydrogens (tertiary/aromatic N) is 1. The summed E-state index contributed by atoms with van der Waals surface area (Å²) in [6.07, 6.45) is 12.1. The van der Waals surface area contributed by atoms with Crippen LogP contribution < -0.4 is 10.4 Å². The summed E-state index contributed by atoms with van der Waals surface area (Å²) in [5.74, 6) is -0.138. The SMILES string of the molecule is CS(=O)CC(=O)C1=CC23NN(c4ccc(F)cc4)C1=C2C=C1C=CCCC13. The zero-order chi connectivity index (χ0) is 18.8. The number of carbonyl (C=O) groups is 1. The van der Waals surface area contributed by atoms with Crippen molar-refractivity contribution in [2.75, 3.05) is 17.0 Å². The number of hydrogen-bond donors (Lipinski definition) is 1. The number of halogens is 1. The lowest BCUT2D eigenvalue weighted by Crippen LogP contribution is -2.53. The predicted molar refractivity (Wildman–Crippen MR) is 104 cm³/mol. The number of ketones is 1. The predicted octanol–water partition coefficient (Wildman–Crippen LogP) is 2.94. The number of allylic oxidation sites excluding steroid dienone is 3. The second-order valence-electron chi connectivity index (χ2n) is 7.43. The Bertz CT molecular complexity index is 1010. The van der Waals surface area contributed by atoms with Crippen LogP contribution in [0.5, 0.6) is 0 Å². The van der Waals surface area contributed by atoms with E-state index in [1.54, 1.807) is 18.4 Å². The largest absolute Gasteiger partial charge is 0.293 e. The van der Waals surface area contributed by atoms with Crippen LogP contribution in [0, 0.1) is 11.7 Å². The van der Waals surface area contributed by atoms with Crippen molar-refractivity contribution in [3.63, 3.8) is 0 Å². The molecule has 1 N–H and O–H groups in total. The molecule has 0 saturated heterocycles. The number of Topliss-reactive ketones (excluding diaryl/α,β-unsaturated/α-hetero) is 1. The summed E-state index contributed by atoms with van der Waals surface area (Å²) >= 11 is 0. The molecule has 3 unspecified atom stereocenters. The molecule has 27 heavy (non-hydrogen) atoms. The Morgan fingerprint density at radius 3 is 2.89 bits per heavy atom. The van der Waals surface area contributed by atoms with Crippen LogP contribution in [0.3, 0.4) is 0 Å². The molecule has 0 spiro atoms. The number of hydrazine groups is 1. The second kappa shape index (κ2) is 5.84. The van der Waals surface area contributed by atoms with Gasteiger partial charge in [0.1, 0.15) is 5.82 Å². The van der Waals surface area contributed by atoms with Crippen LogP contribution in [0.4, 0.5) is 10.1 Å². The molecular weight excluding hydrogens is 363 g/mol. The van der Waals surface area contributed by atoms with Gasteiger partial charge in [-0.15, -0.1) is 0 Å². The van der Waals surface area contributed by atoms with E-state index in [-0.39, 0.29) is 23.3 Å². The fourth-order valence-electron chi connectivity index (χ4n) is 4.67. The Kier molecular flexibility index (Phi) is 3.64. The zero-order valence-corrected chi connectivity index (χ0v) is 15.7. The lowest BCUT2D eigenvalue weighted by Gasteiger charge is -2.39.